The highest BCUT2D eigenvalue weighted by Crippen LogP contribution is 2.60. The average molecular weight is 775 g/mol. The summed E-state index contributed by atoms with van der Waals surface area (Å²) < 4.78 is 18.6. The maximum atomic E-state index is 14.6. The molecule has 12 heteroatoms. The quantitative estimate of drug-likeness (QED) is 0.0697. The van der Waals surface area contributed by atoms with Crippen LogP contribution in [0.1, 0.15) is 82.8 Å². The Balaban J connectivity index is 1.69. The van der Waals surface area contributed by atoms with Crippen molar-refractivity contribution < 1.29 is 38.5 Å². The molecule has 11 nitrogen and oxygen atoms in total. The van der Waals surface area contributed by atoms with Gasteiger partial charge in [0.15, 0.2) is 0 Å². The van der Waals surface area contributed by atoms with E-state index >= 15 is 0 Å². The third kappa shape index (κ3) is 9.30. The molecule has 51 heavy (non-hydrogen) atoms. The lowest BCUT2D eigenvalue weighted by Gasteiger charge is -2.37. The summed E-state index contributed by atoms with van der Waals surface area (Å²) in [7, 11) is 1.51. The number of benzene rings is 1. The third-order valence-corrected chi connectivity index (χ3v) is 11.1. The van der Waals surface area contributed by atoms with Crippen molar-refractivity contribution >= 4 is 39.6 Å². The second-order valence-corrected chi connectivity index (χ2v) is 15.0. The van der Waals surface area contributed by atoms with E-state index in [2.05, 4.69) is 41.3 Å². The number of carbonyl (C=O) groups excluding carboxylic acids is 4. The van der Waals surface area contributed by atoms with Gasteiger partial charge in [-0.2, -0.15) is 0 Å². The van der Waals surface area contributed by atoms with Crippen LogP contribution >= 0.6 is 15.9 Å². The van der Waals surface area contributed by atoms with Crippen molar-refractivity contribution in [3.05, 3.63) is 61.2 Å². The molecule has 1 aromatic carbocycles. The molecule has 3 amide bonds. The molecule has 8 atom stereocenters. The van der Waals surface area contributed by atoms with Gasteiger partial charge in [-0.15, -0.1) is 13.2 Å². The largest absolute Gasteiger partial charge is 0.455 e. The van der Waals surface area contributed by atoms with E-state index in [-0.39, 0.29) is 42.2 Å². The predicted octanol–water partition coefficient (Wildman–Crippen LogP) is 4.87. The van der Waals surface area contributed by atoms with E-state index < -0.39 is 47.7 Å². The lowest BCUT2D eigenvalue weighted by atomic mass is 9.70. The van der Waals surface area contributed by atoms with Crippen molar-refractivity contribution in [1.29, 1.82) is 0 Å². The molecule has 0 radical (unpaired) electrons. The monoisotopic (exact) mass is 773 g/mol. The van der Waals surface area contributed by atoms with Crippen LogP contribution in [0.5, 0.6) is 0 Å². The Morgan fingerprint density at radius 3 is 2.55 bits per heavy atom. The second-order valence-electron chi connectivity index (χ2n) is 13.8. The number of rotatable bonds is 23. The molecule has 0 aromatic heterocycles. The molecule has 282 valence electrons. The van der Waals surface area contributed by atoms with Crippen LogP contribution in [0.4, 0.5) is 0 Å². The predicted molar refractivity (Wildman–Crippen MR) is 198 cm³/mol. The lowest BCUT2D eigenvalue weighted by Crippen LogP contribution is -2.57. The van der Waals surface area contributed by atoms with Gasteiger partial charge in [0, 0.05) is 44.6 Å². The van der Waals surface area contributed by atoms with Crippen LogP contribution in [0, 0.1) is 11.8 Å². The van der Waals surface area contributed by atoms with Gasteiger partial charge in [0.1, 0.15) is 17.7 Å². The summed E-state index contributed by atoms with van der Waals surface area (Å²) in [6.07, 6.45) is 8.52. The second kappa shape index (κ2) is 19.7. The number of ether oxygens (including phenoxy) is 3. The minimum Gasteiger partial charge on any atom is -0.455 e. The fraction of sp³-hybridized carbons (Fsp3) is 0.641. The number of esters is 1. The van der Waals surface area contributed by atoms with Crippen LogP contribution in [-0.4, -0.2) is 107 Å². The first-order valence-corrected chi connectivity index (χ1v) is 19.4. The van der Waals surface area contributed by atoms with E-state index in [1.165, 1.54) is 7.11 Å². The van der Waals surface area contributed by atoms with Crippen molar-refractivity contribution in [2.24, 2.45) is 11.8 Å². The van der Waals surface area contributed by atoms with Gasteiger partial charge in [-0.05, 0) is 37.7 Å². The van der Waals surface area contributed by atoms with E-state index in [4.69, 9.17) is 14.2 Å². The molecule has 1 aromatic rings. The van der Waals surface area contributed by atoms with Crippen molar-refractivity contribution in [3.8, 4) is 0 Å². The first-order chi connectivity index (χ1) is 24.7. The topological polar surface area (TPSA) is 135 Å². The molecule has 2 bridgehead atoms. The number of aliphatic hydroxyl groups is 1. The molecule has 2 N–H and O–H groups in total. The van der Waals surface area contributed by atoms with Crippen LogP contribution < -0.4 is 5.32 Å². The zero-order chi connectivity index (χ0) is 37.0. The SMILES string of the molecule is C=CCCC(=O)N[C@H](COC)[C@H](OC(=O)[C@H]1[C@@H]2O[C@@]3(CC2Br)[C@@H]1C(=O)N(CCCCCCO)[C@@H]3C(=O)N(CC=C)CCCCC)c1ccccc1. The number of amides is 3. The van der Waals surface area contributed by atoms with E-state index in [9.17, 15) is 24.3 Å². The Bertz CT molecular complexity index is 1350. The summed E-state index contributed by atoms with van der Waals surface area (Å²) >= 11 is 3.76. The van der Waals surface area contributed by atoms with Gasteiger partial charge in [0.2, 0.25) is 17.7 Å². The average Bonchev–Trinajstić information content (AvgIpc) is 3.72. The van der Waals surface area contributed by atoms with Crippen molar-refractivity contribution in [1.82, 2.24) is 15.1 Å². The molecule has 3 saturated heterocycles. The number of likely N-dealkylation sites (tertiary alicyclic amines) is 1. The highest BCUT2D eigenvalue weighted by molar-refractivity contribution is 9.09. The van der Waals surface area contributed by atoms with E-state index in [0.29, 0.717) is 50.9 Å². The van der Waals surface area contributed by atoms with Crippen LogP contribution in [0.25, 0.3) is 0 Å². The van der Waals surface area contributed by atoms with E-state index in [0.717, 1.165) is 32.1 Å². The number of nitrogens with zero attached hydrogens (tertiary/aromatic N) is 2. The number of nitrogens with one attached hydrogen (secondary N) is 1. The molecular formula is C39H56BrN3O8. The van der Waals surface area contributed by atoms with Gasteiger partial charge in [0.25, 0.3) is 0 Å². The number of alkyl halides is 1. The standard InChI is InChI=1S/C39H56BrN3O8/c1-5-8-15-22-42(21-7-3)37(47)35-39-25-28(40)34(51-39)31(32(39)36(46)43(35)23-16-10-11-17-24-44)38(48)50-33(27-18-13-12-14-19-27)29(26-49-4)41-30(45)20-9-6-2/h6-7,12-14,18-19,28-29,31-35,44H,2-3,5,8-11,15-17,20-26H2,1,4H3,(H,41,45)/t28?,29-,31-,32+,33-,34-,35-,39+/m1/s1. The zero-order valence-electron chi connectivity index (χ0n) is 30.2. The number of hydrogen-bond donors (Lipinski definition) is 2. The Morgan fingerprint density at radius 1 is 1.14 bits per heavy atom. The minimum atomic E-state index is -1.22. The van der Waals surface area contributed by atoms with Crippen molar-refractivity contribution in [2.75, 3.05) is 40.0 Å². The number of fused-ring (bicyclic) bond motifs is 1. The number of methoxy groups -OCH3 is 1. The summed E-state index contributed by atoms with van der Waals surface area (Å²) in [5, 5.41) is 12.3. The Kier molecular flexibility index (Phi) is 15.7. The van der Waals surface area contributed by atoms with E-state index in [1.54, 1.807) is 22.0 Å². The van der Waals surface area contributed by atoms with Gasteiger partial charge in [-0.1, -0.05) is 91.0 Å². The summed E-state index contributed by atoms with van der Waals surface area (Å²) in [5.41, 5.74) is -0.562. The molecule has 1 spiro atoms. The molecule has 3 heterocycles. The number of carbonyl (C=O) groups is 4. The molecule has 4 rings (SSSR count). The van der Waals surface area contributed by atoms with Gasteiger partial charge in [-0.25, -0.2) is 0 Å². The summed E-state index contributed by atoms with van der Waals surface area (Å²) in [4.78, 5) is 59.8. The molecule has 3 aliphatic heterocycles. The lowest BCUT2D eigenvalue weighted by molar-refractivity contribution is -0.163. The third-order valence-electron chi connectivity index (χ3n) is 10.3. The van der Waals surface area contributed by atoms with Gasteiger partial charge < -0.3 is 34.4 Å². The van der Waals surface area contributed by atoms with Gasteiger partial charge in [0.05, 0.1) is 30.6 Å². The maximum absolute atomic E-state index is 14.6. The normalized spacial score (nSPS) is 26.0. The van der Waals surface area contributed by atoms with Crippen LogP contribution in [0.15, 0.2) is 55.6 Å². The minimum absolute atomic E-state index is 0.0719. The number of unbranched alkanes of at least 4 members (excludes halogenated alkanes) is 5. The number of aliphatic hydroxyl groups excluding tert-OH is 1. The van der Waals surface area contributed by atoms with Crippen molar-refractivity contribution in [3.63, 3.8) is 0 Å². The smallest absolute Gasteiger partial charge is 0.313 e. The molecular weight excluding hydrogens is 718 g/mol. The Hall–Kier alpha value is -3.06. The van der Waals surface area contributed by atoms with Crippen LogP contribution in [0.3, 0.4) is 0 Å². The molecule has 1 unspecified atom stereocenters. The zero-order valence-corrected chi connectivity index (χ0v) is 31.8. The molecule has 3 fully saturated rings. The van der Waals surface area contributed by atoms with Gasteiger partial charge >= 0.3 is 5.97 Å². The fourth-order valence-corrected chi connectivity index (χ4v) is 8.91. The Morgan fingerprint density at radius 2 is 1.88 bits per heavy atom. The summed E-state index contributed by atoms with van der Waals surface area (Å²) in [6, 6.07) is 7.53. The number of hydrogen-bond acceptors (Lipinski definition) is 8. The van der Waals surface area contributed by atoms with Crippen molar-refractivity contribution in [2.45, 2.75) is 106 Å². The molecule has 0 aliphatic carbocycles. The van der Waals surface area contributed by atoms with Crippen LogP contribution in [0.2, 0.25) is 0 Å². The highest BCUT2D eigenvalue weighted by Gasteiger charge is 2.77. The Labute approximate surface area is 311 Å². The van der Waals surface area contributed by atoms with E-state index in [1.807, 2.05) is 30.3 Å². The van der Waals surface area contributed by atoms with Gasteiger partial charge in [-0.3, -0.25) is 19.2 Å². The summed E-state index contributed by atoms with van der Waals surface area (Å²) in [6.45, 7) is 11.1. The first kappa shape index (κ1) is 40.7. The first-order valence-electron chi connectivity index (χ1n) is 18.5. The maximum Gasteiger partial charge on any atom is 0.313 e. The molecule has 3 aliphatic rings. The summed E-state index contributed by atoms with van der Waals surface area (Å²) in [5.74, 6) is -3.24. The fourth-order valence-electron chi connectivity index (χ4n) is 7.96. The molecule has 0 saturated carbocycles. The number of allylic oxidation sites excluding steroid dienone is 1. The highest BCUT2D eigenvalue weighted by atomic mass is 79.9. The van der Waals surface area contributed by atoms with Crippen LogP contribution in [-0.2, 0) is 33.4 Å². The number of halogens is 1.